The molecule has 1 aromatic rings. The zero-order valence-electron chi connectivity index (χ0n) is 10.9. The van der Waals surface area contributed by atoms with Crippen LogP contribution in [0, 0.1) is 11.3 Å². The molecule has 0 fully saturated rings. The maximum absolute atomic E-state index is 12.6. The summed E-state index contributed by atoms with van der Waals surface area (Å²) < 4.78 is 37.8. The van der Waals surface area contributed by atoms with Gasteiger partial charge in [-0.3, -0.25) is 0 Å². The van der Waals surface area contributed by atoms with Gasteiger partial charge in [-0.2, -0.15) is 18.4 Å². The second-order valence-corrected chi connectivity index (χ2v) is 4.72. The van der Waals surface area contributed by atoms with Gasteiger partial charge in [0.25, 0.3) is 0 Å². The van der Waals surface area contributed by atoms with Crippen molar-refractivity contribution in [3.63, 3.8) is 0 Å². The van der Waals surface area contributed by atoms with Crippen LogP contribution in [0.4, 0.5) is 13.2 Å². The van der Waals surface area contributed by atoms with Crippen LogP contribution in [-0.4, -0.2) is 0 Å². The third kappa shape index (κ3) is 5.13. The maximum Gasteiger partial charge on any atom is 0.416 e. The number of rotatable bonds is 4. The predicted molar refractivity (Wildman–Crippen MR) is 73.1 cm³/mol. The third-order valence-corrected chi connectivity index (χ3v) is 2.98. The highest BCUT2D eigenvalue weighted by Gasteiger charge is 2.30. The topological polar surface area (TPSA) is 23.8 Å². The van der Waals surface area contributed by atoms with Gasteiger partial charge in [0.1, 0.15) is 0 Å². The van der Waals surface area contributed by atoms with Crippen molar-refractivity contribution in [2.24, 2.45) is 0 Å². The van der Waals surface area contributed by atoms with E-state index in [9.17, 15) is 13.2 Å². The highest BCUT2D eigenvalue weighted by Crippen LogP contribution is 2.32. The van der Waals surface area contributed by atoms with Crippen LogP contribution in [0.25, 0.3) is 6.08 Å². The molecule has 0 radical (unpaired) electrons. The van der Waals surface area contributed by atoms with E-state index in [-0.39, 0.29) is 10.6 Å². The molecule has 1 rings (SSSR count). The van der Waals surface area contributed by atoms with E-state index in [0.717, 1.165) is 17.7 Å². The van der Waals surface area contributed by atoms with Crippen LogP contribution >= 0.6 is 11.6 Å². The Labute approximate surface area is 121 Å². The first-order valence-electron chi connectivity index (χ1n) is 6.00. The summed E-state index contributed by atoms with van der Waals surface area (Å²) in [7, 11) is 0. The standard InChI is InChI=1S/C15H13ClF3N/c1-11(4-2-3-9-20)5-6-12-10-13(15(17,18)19)7-8-14(12)16/h6-8,10H,2-4H2,1H3. The molecule has 0 aliphatic heterocycles. The second kappa shape index (κ2) is 7.19. The lowest BCUT2D eigenvalue weighted by Gasteiger charge is -2.07. The number of benzene rings is 1. The average Bonchev–Trinajstić information content (AvgIpc) is 2.36. The van der Waals surface area contributed by atoms with Gasteiger partial charge in [0, 0.05) is 17.0 Å². The van der Waals surface area contributed by atoms with E-state index in [0.29, 0.717) is 19.3 Å². The van der Waals surface area contributed by atoms with Gasteiger partial charge < -0.3 is 0 Å². The molecule has 0 aliphatic rings. The van der Waals surface area contributed by atoms with E-state index in [1.54, 1.807) is 0 Å². The average molecular weight is 300 g/mol. The van der Waals surface area contributed by atoms with Crippen LogP contribution in [0.1, 0.15) is 37.3 Å². The van der Waals surface area contributed by atoms with E-state index < -0.39 is 11.7 Å². The number of nitrogens with zero attached hydrogens (tertiary/aromatic N) is 1. The first-order valence-corrected chi connectivity index (χ1v) is 6.38. The SMILES string of the molecule is CC(=C=Cc1cc(C(F)(F)F)ccc1Cl)CCCC#N. The van der Waals surface area contributed by atoms with E-state index in [1.807, 2.05) is 13.0 Å². The van der Waals surface area contributed by atoms with Crippen molar-refractivity contribution in [3.05, 3.63) is 45.7 Å². The van der Waals surface area contributed by atoms with Crippen molar-refractivity contribution in [3.8, 4) is 6.07 Å². The fraction of sp³-hybridized carbons (Fsp3) is 0.333. The highest BCUT2D eigenvalue weighted by atomic mass is 35.5. The molecule has 0 bridgehead atoms. The third-order valence-electron chi connectivity index (χ3n) is 2.64. The highest BCUT2D eigenvalue weighted by molar-refractivity contribution is 6.32. The number of allylic oxidation sites excluding steroid dienone is 1. The van der Waals surface area contributed by atoms with E-state index in [1.165, 1.54) is 12.1 Å². The van der Waals surface area contributed by atoms with Gasteiger partial charge in [-0.15, -0.1) is 5.73 Å². The summed E-state index contributed by atoms with van der Waals surface area (Å²) in [5, 5.41) is 8.66. The number of alkyl halides is 3. The molecule has 0 atom stereocenters. The van der Waals surface area contributed by atoms with Gasteiger partial charge in [-0.1, -0.05) is 11.6 Å². The zero-order valence-corrected chi connectivity index (χ0v) is 11.6. The molecule has 0 amide bonds. The molecule has 1 aromatic carbocycles. The minimum atomic E-state index is -4.39. The molecule has 0 unspecified atom stereocenters. The number of halogens is 4. The summed E-state index contributed by atoms with van der Waals surface area (Å²) in [6.07, 6.45) is -1.11. The molecular formula is C15H13ClF3N. The molecule has 0 heterocycles. The van der Waals surface area contributed by atoms with Gasteiger partial charge in [-0.25, -0.2) is 0 Å². The maximum atomic E-state index is 12.6. The van der Waals surface area contributed by atoms with Crippen LogP contribution in [0.15, 0.2) is 29.5 Å². The van der Waals surface area contributed by atoms with Crippen molar-refractivity contribution >= 4 is 17.7 Å². The molecule has 0 saturated carbocycles. The summed E-state index contributed by atoms with van der Waals surface area (Å²) in [6.45, 7) is 1.81. The molecule has 5 heteroatoms. The first kappa shape index (κ1) is 16.4. The lowest BCUT2D eigenvalue weighted by Crippen LogP contribution is -2.04. The van der Waals surface area contributed by atoms with Gasteiger partial charge in [0.2, 0.25) is 0 Å². The summed E-state index contributed by atoms with van der Waals surface area (Å²) >= 11 is 5.87. The van der Waals surface area contributed by atoms with Crippen molar-refractivity contribution < 1.29 is 13.2 Å². The van der Waals surface area contributed by atoms with Crippen LogP contribution in [0.2, 0.25) is 5.02 Å². The predicted octanol–water partition coefficient (Wildman–Crippen LogP) is 5.61. The van der Waals surface area contributed by atoms with Gasteiger partial charge in [0.05, 0.1) is 11.6 Å². The van der Waals surface area contributed by atoms with Crippen LogP contribution in [0.3, 0.4) is 0 Å². The van der Waals surface area contributed by atoms with E-state index in [2.05, 4.69) is 5.73 Å². The van der Waals surface area contributed by atoms with E-state index >= 15 is 0 Å². The van der Waals surface area contributed by atoms with Gasteiger partial charge in [0.15, 0.2) is 0 Å². The lowest BCUT2D eigenvalue weighted by molar-refractivity contribution is -0.137. The molecule has 0 N–H and O–H groups in total. The number of hydrogen-bond acceptors (Lipinski definition) is 1. The normalized spacial score (nSPS) is 10.6. The minimum Gasteiger partial charge on any atom is -0.198 e. The molecule has 20 heavy (non-hydrogen) atoms. The van der Waals surface area contributed by atoms with Crippen LogP contribution in [0.5, 0.6) is 0 Å². The monoisotopic (exact) mass is 299 g/mol. The minimum absolute atomic E-state index is 0.246. The van der Waals surface area contributed by atoms with Crippen LogP contribution in [-0.2, 0) is 6.18 Å². The molecule has 0 aliphatic carbocycles. The Morgan fingerprint density at radius 1 is 1.40 bits per heavy atom. The molecule has 0 saturated heterocycles. The Hall–Kier alpha value is -1.69. The molecule has 1 nitrogen and oxygen atoms in total. The Morgan fingerprint density at radius 2 is 2.10 bits per heavy atom. The fourth-order valence-electron chi connectivity index (χ4n) is 1.54. The molecule has 106 valence electrons. The quantitative estimate of drug-likeness (QED) is 0.523. The Kier molecular flexibility index (Phi) is 5.88. The summed E-state index contributed by atoms with van der Waals surface area (Å²) in [5.41, 5.74) is 3.32. The fourth-order valence-corrected chi connectivity index (χ4v) is 1.71. The molecule has 0 spiro atoms. The smallest absolute Gasteiger partial charge is 0.198 e. The number of unbranched alkanes of at least 4 members (excludes halogenated alkanes) is 1. The Bertz CT molecular complexity index is 576. The van der Waals surface area contributed by atoms with Crippen molar-refractivity contribution in [1.29, 1.82) is 5.26 Å². The number of hydrogen-bond donors (Lipinski definition) is 0. The summed E-state index contributed by atoms with van der Waals surface area (Å²) in [4.78, 5) is 0. The summed E-state index contributed by atoms with van der Waals surface area (Å²) in [6, 6.07) is 5.20. The lowest BCUT2D eigenvalue weighted by atomic mass is 10.1. The van der Waals surface area contributed by atoms with Crippen molar-refractivity contribution in [1.82, 2.24) is 0 Å². The van der Waals surface area contributed by atoms with Crippen LogP contribution < -0.4 is 0 Å². The van der Waals surface area contributed by atoms with Gasteiger partial charge >= 0.3 is 6.18 Å². The first-order chi connectivity index (χ1) is 9.34. The summed E-state index contributed by atoms with van der Waals surface area (Å²) in [5.74, 6) is 0. The molecular weight excluding hydrogens is 287 g/mol. The Balaban J connectivity index is 2.97. The molecule has 0 aromatic heterocycles. The zero-order chi connectivity index (χ0) is 15.2. The van der Waals surface area contributed by atoms with Gasteiger partial charge in [-0.05, 0) is 49.6 Å². The van der Waals surface area contributed by atoms with E-state index in [4.69, 9.17) is 16.9 Å². The Morgan fingerprint density at radius 3 is 2.70 bits per heavy atom. The number of nitriles is 1. The second-order valence-electron chi connectivity index (χ2n) is 4.31. The van der Waals surface area contributed by atoms with Crippen molar-refractivity contribution in [2.75, 3.05) is 0 Å². The van der Waals surface area contributed by atoms with Crippen molar-refractivity contribution in [2.45, 2.75) is 32.4 Å². The largest absolute Gasteiger partial charge is 0.416 e.